The number of rotatable bonds is 2. The van der Waals surface area contributed by atoms with Gasteiger partial charge in [-0.25, -0.2) is 14.4 Å². The molecular formula is C10H9FN4. The fourth-order valence-electron chi connectivity index (χ4n) is 1.14. The van der Waals surface area contributed by atoms with Gasteiger partial charge >= 0.3 is 0 Å². The largest absolute Gasteiger partial charge is 0.381 e. The molecule has 0 aliphatic heterocycles. The van der Waals surface area contributed by atoms with Gasteiger partial charge in [0, 0.05) is 12.4 Å². The molecule has 0 aliphatic carbocycles. The van der Waals surface area contributed by atoms with E-state index in [9.17, 15) is 4.39 Å². The van der Waals surface area contributed by atoms with Gasteiger partial charge in [-0.05, 0) is 12.1 Å². The summed E-state index contributed by atoms with van der Waals surface area (Å²) in [4.78, 5) is 7.78. The van der Waals surface area contributed by atoms with E-state index in [4.69, 9.17) is 5.73 Å². The van der Waals surface area contributed by atoms with Gasteiger partial charge in [0.15, 0.2) is 11.6 Å². The molecule has 2 rings (SSSR count). The normalized spacial score (nSPS) is 9.93. The third-order valence-corrected chi connectivity index (χ3v) is 1.85. The Balaban J connectivity index is 2.30. The lowest BCUT2D eigenvalue weighted by Crippen LogP contribution is -2.01. The maximum atomic E-state index is 13.3. The first kappa shape index (κ1) is 9.39. The summed E-state index contributed by atoms with van der Waals surface area (Å²) in [6.45, 7) is 0. The molecule has 5 heteroatoms. The summed E-state index contributed by atoms with van der Waals surface area (Å²) in [5.74, 6) is 0.228. The van der Waals surface area contributed by atoms with Gasteiger partial charge in [-0.2, -0.15) is 0 Å². The Bertz CT molecular complexity index is 429. The Morgan fingerprint density at radius 2 is 1.87 bits per heavy atom. The summed E-state index contributed by atoms with van der Waals surface area (Å²) in [5.41, 5.74) is 5.88. The molecule has 0 spiro atoms. The van der Waals surface area contributed by atoms with Gasteiger partial charge in [-0.1, -0.05) is 12.1 Å². The Hall–Kier alpha value is -2.17. The predicted octanol–water partition coefficient (Wildman–Crippen LogP) is 1.94. The Labute approximate surface area is 86.0 Å². The summed E-state index contributed by atoms with van der Waals surface area (Å²) in [7, 11) is 0. The molecule has 1 heterocycles. The highest BCUT2D eigenvalue weighted by atomic mass is 19.1. The number of nitrogens with two attached hydrogens (primary N) is 1. The van der Waals surface area contributed by atoms with Gasteiger partial charge in [0.1, 0.15) is 5.82 Å². The van der Waals surface area contributed by atoms with E-state index in [0.29, 0.717) is 11.5 Å². The zero-order valence-corrected chi connectivity index (χ0v) is 7.81. The number of nitrogens with one attached hydrogen (secondary N) is 1. The van der Waals surface area contributed by atoms with E-state index >= 15 is 0 Å². The smallest absolute Gasteiger partial charge is 0.173 e. The first-order valence-corrected chi connectivity index (χ1v) is 4.35. The Morgan fingerprint density at radius 1 is 1.13 bits per heavy atom. The molecule has 0 fully saturated rings. The lowest BCUT2D eigenvalue weighted by Gasteiger charge is -2.07. The van der Waals surface area contributed by atoms with Crippen molar-refractivity contribution in [1.82, 2.24) is 9.97 Å². The van der Waals surface area contributed by atoms with Crippen LogP contribution in [0.15, 0.2) is 36.7 Å². The maximum absolute atomic E-state index is 13.3. The molecule has 76 valence electrons. The SMILES string of the molecule is Nc1nccnc1Nc1ccccc1F. The molecule has 0 unspecified atom stereocenters. The fraction of sp³-hybridized carbons (Fsp3) is 0. The van der Waals surface area contributed by atoms with Gasteiger partial charge in [-0.15, -0.1) is 0 Å². The van der Waals surface area contributed by atoms with Crippen LogP contribution in [0, 0.1) is 5.82 Å². The molecule has 1 aromatic heterocycles. The highest BCUT2D eigenvalue weighted by Gasteiger charge is 2.04. The molecular weight excluding hydrogens is 195 g/mol. The third kappa shape index (κ3) is 2.01. The van der Waals surface area contributed by atoms with Crippen molar-refractivity contribution in [2.24, 2.45) is 0 Å². The Kier molecular flexibility index (Phi) is 2.45. The summed E-state index contributed by atoms with van der Waals surface area (Å²) < 4.78 is 13.3. The number of aromatic nitrogens is 2. The highest BCUT2D eigenvalue weighted by Crippen LogP contribution is 2.20. The van der Waals surface area contributed by atoms with E-state index in [-0.39, 0.29) is 11.6 Å². The molecule has 0 saturated heterocycles. The van der Waals surface area contributed by atoms with Crippen LogP contribution in [0.5, 0.6) is 0 Å². The number of nitrogens with zero attached hydrogens (tertiary/aromatic N) is 2. The molecule has 0 amide bonds. The molecule has 15 heavy (non-hydrogen) atoms. The van der Waals surface area contributed by atoms with Crippen molar-refractivity contribution in [3.8, 4) is 0 Å². The number of nitrogen functional groups attached to an aromatic ring is 1. The minimum atomic E-state index is -0.359. The predicted molar refractivity (Wildman–Crippen MR) is 56.1 cm³/mol. The molecule has 0 radical (unpaired) electrons. The van der Waals surface area contributed by atoms with E-state index in [1.165, 1.54) is 18.5 Å². The lowest BCUT2D eigenvalue weighted by atomic mass is 10.3. The molecule has 0 atom stereocenters. The van der Waals surface area contributed by atoms with Crippen molar-refractivity contribution in [3.05, 3.63) is 42.5 Å². The molecule has 0 bridgehead atoms. The molecule has 2 aromatic rings. The zero-order chi connectivity index (χ0) is 10.7. The van der Waals surface area contributed by atoms with Gasteiger partial charge in [0.05, 0.1) is 5.69 Å². The van der Waals surface area contributed by atoms with Crippen molar-refractivity contribution >= 4 is 17.3 Å². The second-order valence-electron chi connectivity index (χ2n) is 2.90. The van der Waals surface area contributed by atoms with Gasteiger partial charge < -0.3 is 11.1 Å². The molecule has 0 saturated carbocycles. The van der Waals surface area contributed by atoms with Crippen LogP contribution in [-0.2, 0) is 0 Å². The number of anilines is 3. The van der Waals surface area contributed by atoms with Crippen molar-refractivity contribution in [3.63, 3.8) is 0 Å². The van der Waals surface area contributed by atoms with Crippen LogP contribution >= 0.6 is 0 Å². The maximum Gasteiger partial charge on any atom is 0.173 e. The van der Waals surface area contributed by atoms with Gasteiger partial charge in [0.2, 0.25) is 0 Å². The number of benzene rings is 1. The molecule has 0 aliphatic rings. The van der Waals surface area contributed by atoms with E-state index in [0.717, 1.165) is 0 Å². The van der Waals surface area contributed by atoms with Crippen molar-refractivity contribution < 1.29 is 4.39 Å². The first-order valence-electron chi connectivity index (χ1n) is 4.35. The van der Waals surface area contributed by atoms with Crippen molar-refractivity contribution in [2.45, 2.75) is 0 Å². The quantitative estimate of drug-likeness (QED) is 0.784. The average molecular weight is 204 g/mol. The summed E-state index contributed by atoms with van der Waals surface area (Å²) in [5, 5.41) is 2.77. The minimum absolute atomic E-state index is 0.237. The molecule has 4 nitrogen and oxygen atoms in total. The Morgan fingerprint density at radius 3 is 2.60 bits per heavy atom. The van der Waals surface area contributed by atoms with Crippen LogP contribution in [0.3, 0.4) is 0 Å². The van der Waals surface area contributed by atoms with Crippen LogP contribution < -0.4 is 11.1 Å². The molecule has 3 N–H and O–H groups in total. The van der Waals surface area contributed by atoms with Crippen LogP contribution in [0.2, 0.25) is 0 Å². The number of hydrogen-bond donors (Lipinski definition) is 2. The summed E-state index contributed by atoms with van der Waals surface area (Å²) >= 11 is 0. The highest BCUT2D eigenvalue weighted by molar-refractivity contribution is 5.65. The standard InChI is InChI=1S/C10H9FN4/c11-7-3-1-2-4-8(7)15-10-9(12)13-5-6-14-10/h1-6H,(H2,12,13)(H,14,15). The van der Waals surface area contributed by atoms with E-state index in [1.54, 1.807) is 18.2 Å². The minimum Gasteiger partial charge on any atom is -0.381 e. The topological polar surface area (TPSA) is 63.8 Å². The lowest BCUT2D eigenvalue weighted by molar-refractivity contribution is 0.632. The van der Waals surface area contributed by atoms with Crippen molar-refractivity contribution in [2.75, 3.05) is 11.1 Å². The number of para-hydroxylation sites is 1. The molecule has 1 aromatic carbocycles. The van der Waals surface area contributed by atoms with Crippen molar-refractivity contribution in [1.29, 1.82) is 0 Å². The average Bonchev–Trinajstić information content (AvgIpc) is 2.24. The van der Waals surface area contributed by atoms with Crippen LogP contribution in [0.4, 0.5) is 21.7 Å². The van der Waals surface area contributed by atoms with E-state index < -0.39 is 0 Å². The fourth-order valence-corrected chi connectivity index (χ4v) is 1.14. The first-order chi connectivity index (χ1) is 7.27. The number of halogens is 1. The summed E-state index contributed by atoms with van der Waals surface area (Å²) in [6.07, 6.45) is 2.96. The third-order valence-electron chi connectivity index (χ3n) is 1.85. The van der Waals surface area contributed by atoms with E-state index in [2.05, 4.69) is 15.3 Å². The monoisotopic (exact) mass is 204 g/mol. The zero-order valence-electron chi connectivity index (χ0n) is 7.81. The van der Waals surface area contributed by atoms with E-state index in [1.807, 2.05) is 0 Å². The van der Waals surface area contributed by atoms with Gasteiger partial charge in [0.25, 0.3) is 0 Å². The van der Waals surface area contributed by atoms with Crippen LogP contribution in [-0.4, -0.2) is 9.97 Å². The second kappa shape index (κ2) is 3.91. The van der Waals surface area contributed by atoms with Crippen LogP contribution in [0.1, 0.15) is 0 Å². The second-order valence-corrected chi connectivity index (χ2v) is 2.90. The van der Waals surface area contributed by atoms with Crippen LogP contribution in [0.25, 0.3) is 0 Å². The number of hydrogen-bond acceptors (Lipinski definition) is 4. The summed E-state index contributed by atoms with van der Waals surface area (Å²) in [6, 6.07) is 6.29. The van der Waals surface area contributed by atoms with Gasteiger partial charge in [-0.3, -0.25) is 0 Å².